The molecule has 152 valence electrons. The smallest absolute Gasteiger partial charge is 0.252 e. The average Bonchev–Trinajstić information content (AvgIpc) is 3.39. The van der Waals surface area contributed by atoms with Crippen molar-refractivity contribution in [1.82, 2.24) is 14.3 Å². The highest BCUT2D eigenvalue weighted by molar-refractivity contribution is 7.91. The van der Waals surface area contributed by atoms with Crippen molar-refractivity contribution < 1.29 is 17.9 Å². The number of thiazole rings is 1. The van der Waals surface area contributed by atoms with Crippen LogP contribution in [0.3, 0.4) is 0 Å². The van der Waals surface area contributed by atoms with Crippen LogP contribution in [0.2, 0.25) is 0 Å². The highest BCUT2D eigenvalue weighted by atomic mass is 32.2. The molecule has 3 aromatic rings. The minimum Gasteiger partial charge on any atom is -0.379 e. The normalized spacial score (nSPS) is 15.3. The number of carbonyl (C=O) groups excluding carboxylic acids is 1. The van der Waals surface area contributed by atoms with Gasteiger partial charge in [-0.25, -0.2) is 13.4 Å². The largest absolute Gasteiger partial charge is 0.379 e. The summed E-state index contributed by atoms with van der Waals surface area (Å²) in [5.41, 5.74) is 1.43. The fraction of sp³-hybridized carbons (Fsp3) is 0.278. The van der Waals surface area contributed by atoms with E-state index in [2.05, 4.69) is 15.3 Å². The summed E-state index contributed by atoms with van der Waals surface area (Å²) in [7, 11) is -3.54. The molecule has 4 rings (SSSR count). The number of sulfonamides is 1. The van der Waals surface area contributed by atoms with Crippen molar-refractivity contribution in [1.29, 1.82) is 0 Å². The molecule has 11 heteroatoms. The van der Waals surface area contributed by atoms with E-state index in [0.29, 0.717) is 42.0 Å². The third kappa shape index (κ3) is 4.70. The number of rotatable bonds is 6. The van der Waals surface area contributed by atoms with Crippen LogP contribution in [0, 0.1) is 0 Å². The van der Waals surface area contributed by atoms with Gasteiger partial charge in [0.25, 0.3) is 10.0 Å². The van der Waals surface area contributed by atoms with Crippen LogP contribution in [-0.4, -0.2) is 54.9 Å². The fourth-order valence-electron chi connectivity index (χ4n) is 2.79. The summed E-state index contributed by atoms with van der Waals surface area (Å²) in [4.78, 5) is 21.7. The Morgan fingerprint density at radius 1 is 1.17 bits per heavy atom. The second-order valence-electron chi connectivity index (χ2n) is 6.22. The van der Waals surface area contributed by atoms with Crippen LogP contribution >= 0.6 is 22.7 Å². The Morgan fingerprint density at radius 2 is 2.00 bits per heavy atom. The lowest BCUT2D eigenvalue weighted by atomic mass is 10.3. The molecule has 8 nitrogen and oxygen atoms in total. The molecule has 0 bridgehead atoms. The van der Waals surface area contributed by atoms with Gasteiger partial charge in [-0.1, -0.05) is 6.07 Å². The number of carbonyl (C=O) groups is 1. The summed E-state index contributed by atoms with van der Waals surface area (Å²) in [5, 5.41) is 5.07. The number of pyridine rings is 1. The number of amides is 1. The molecule has 0 aromatic carbocycles. The van der Waals surface area contributed by atoms with Crippen LogP contribution in [0.1, 0.15) is 4.88 Å². The van der Waals surface area contributed by atoms with E-state index >= 15 is 0 Å². The SMILES string of the molecule is O=C(Cc1ccc(S(=O)(=O)N2CCOCC2)s1)Nc1nc(-c2ccccn2)cs1. The van der Waals surface area contributed by atoms with E-state index in [9.17, 15) is 13.2 Å². The van der Waals surface area contributed by atoms with Crippen LogP contribution in [-0.2, 0) is 26.0 Å². The number of morpholine rings is 1. The van der Waals surface area contributed by atoms with Gasteiger partial charge in [0.15, 0.2) is 5.13 Å². The number of anilines is 1. The highest BCUT2D eigenvalue weighted by Gasteiger charge is 2.28. The van der Waals surface area contributed by atoms with Gasteiger partial charge < -0.3 is 10.1 Å². The summed E-state index contributed by atoms with van der Waals surface area (Å²) in [5.74, 6) is -0.246. The molecule has 29 heavy (non-hydrogen) atoms. The zero-order valence-corrected chi connectivity index (χ0v) is 17.7. The number of aromatic nitrogens is 2. The number of hydrogen-bond acceptors (Lipinski definition) is 8. The number of nitrogens with zero attached hydrogens (tertiary/aromatic N) is 3. The molecular formula is C18H18N4O4S3. The molecule has 0 saturated carbocycles. The van der Waals surface area contributed by atoms with Gasteiger partial charge in [0.2, 0.25) is 5.91 Å². The van der Waals surface area contributed by atoms with Gasteiger partial charge in [-0.3, -0.25) is 9.78 Å². The first kappa shape index (κ1) is 20.1. The van der Waals surface area contributed by atoms with Gasteiger partial charge in [0, 0.05) is 29.5 Å². The summed E-state index contributed by atoms with van der Waals surface area (Å²) < 4.78 is 32.2. The minimum absolute atomic E-state index is 0.0851. The Bertz CT molecular complexity index is 1090. The van der Waals surface area contributed by atoms with Crippen LogP contribution in [0.5, 0.6) is 0 Å². The maximum Gasteiger partial charge on any atom is 0.252 e. The van der Waals surface area contributed by atoms with Crippen molar-refractivity contribution in [3.63, 3.8) is 0 Å². The third-order valence-electron chi connectivity index (χ3n) is 4.21. The third-order valence-corrected chi connectivity index (χ3v) is 8.42. The summed E-state index contributed by atoms with van der Waals surface area (Å²) >= 11 is 2.43. The van der Waals surface area contributed by atoms with Gasteiger partial charge in [0.1, 0.15) is 9.90 Å². The molecule has 3 aromatic heterocycles. The molecule has 0 aliphatic carbocycles. The molecule has 1 saturated heterocycles. The number of ether oxygens (including phenoxy) is 1. The van der Waals surface area contributed by atoms with E-state index in [-0.39, 0.29) is 16.5 Å². The van der Waals surface area contributed by atoms with Crippen LogP contribution < -0.4 is 5.32 Å². The van der Waals surface area contributed by atoms with E-state index in [1.165, 1.54) is 15.6 Å². The Balaban J connectivity index is 1.39. The maximum absolute atomic E-state index is 12.7. The second kappa shape index (κ2) is 8.67. The Hall–Kier alpha value is -2.18. The molecule has 0 atom stereocenters. The first-order chi connectivity index (χ1) is 14.0. The Labute approximate surface area is 176 Å². The van der Waals surface area contributed by atoms with Gasteiger partial charge in [0.05, 0.1) is 25.3 Å². The Kier molecular flexibility index (Phi) is 6.01. The molecule has 1 aliphatic rings. The average molecular weight is 451 g/mol. The standard InChI is InChI=1S/C18H18N4O4S3/c23-16(21-18-20-15(12-27-18)14-3-1-2-6-19-14)11-13-4-5-17(28-13)29(24,25)22-7-9-26-10-8-22/h1-6,12H,7-11H2,(H,20,21,23). The summed E-state index contributed by atoms with van der Waals surface area (Å²) in [6.45, 7) is 1.49. The van der Waals surface area contributed by atoms with E-state index in [1.54, 1.807) is 18.3 Å². The van der Waals surface area contributed by atoms with E-state index in [4.69, 9.17) is 4.74 Å². The Morgan fingerprint density at radius 3 is 2.76 bits per heavy atom. The van der Waals surface area contributed by atoms with Crippen molar-refractivity contribution in [2.24, 2.45) is 0 Å². The van der Waals surface area contributed by atoms with Crippen molar-refractivity contribution in [3.05, 3.63) is 46.8 Å². The van der Waals surface area contributed by atoms with E-state index in [1.807, 2.05) is 23.6 Å². The number of hydrogen-bond donors (Lipinski definition) is 1. The zero-order valence-electron chi connectivity index (χ0n) is 15.3. The molecule has 1 fully saturated rings. The number of nitrogens with one attached hydrogen (secondary N) is 1. The summed E-state index contributed by atoms with van der Waals surface area (Å²) in [6.07, 6.45) is 1.77. The van der Waals surface area contributed by atoms with Crippen LogP contribution in [0.4, 0.5) is 5.13 Å². The van der Waals surface area contributed by atoms with Crippen molar-refractivity contribution in [2.45, 2.75) is 10.6 Å². The first-order valence-corrected chi connectivity index (χ1v) is 12.0. The topological polar surface area (TPSA) is 101 Å². The van der Waals surface area contributed by atoms with Crippen molar-refractivity contribution in [2.75, 3.05) is 31.6 Å². The van der Waals surface area contributed by atoms with Gasteiger partial charge in [-0.05, 0) is 24.3 Å². The van der Waals surface area contributed by atoms with Gasteiger partial charge in [-0.15, -0.1) is 22.7 Å². The van der Waals surface area contributed by atoms with Crippen molar-refractivity contribution in [3.8, 4) is 11.4 Å². The van der Waals surface area contributed by atoms with Crippen molar-refractivity contribution >= 4 is 43.7 Å². The zero-order chi connectivity index (χ0) is 20.3. The molecule has 0 radical (unpaired) electrons. The van der Waals surface area contributed by atoms with E-state index < -0.39 is 10.0 Å². The molecule has 4 heterocycles. The van der Waals surface area contributed by atoms with Crippen LogP contribution in [0.25, 0.3) is 11.4 Å². The van der Waals surface area contributed by atoms with Crippen LogP contribution in [0.15, 0.2) is 46.1 Å². The molecule has 1 amide bonds. The predicted octanol–water partition coefficient (Wildman–Crippen LogP) is 2.47. The highest BCUT2D eigenvalue weighted by Crippen LogP contribution is 2.27. The van der Waals surface area contributed by atoms with Gasteiger partial charge in [-0.2, -0.15) is 4.31 Å². The fourth-order valence-corrected chi connectivity index (χ4v) is 6.43. The van der Waals surface area contributed by atoms with E-state index in [0.717, 1.165) is 17.0 Å². The second-order valence-corrected chi connectivity index (χ2v) is 10.4. The molecule has 0 unspecified atom stereocenters. The lowest BCUT2D eigenvalue weighted by molar-refractivity contribution is -0.115. The monoisotopic (exact) mass is 450 g/mol. The molecular weight excluding hydrogens is 432 g/mol. The first-order valence-electron chi connectivity index (χ1n) is 8.86. The van der Waals surface area contributed by atoms with Gasteiger partial charge >= 0.3 is 0 Å². The quantitative estimate of drug-likeness (QED) is 0.619. The molecule has 0 spiro atoms. The molecule has 1 aliphatic heterocycles. The predicted molar refractivity (Wildman–Crippen MR) is 112 cm³/mol. The molecule has 1 N–H and O–H groups in total. The number of thiophene rings is 1. The summed E-state index contributed by atoms with van der Waals surface area (Å²) in [6, 6.07) is 8.79. The lowest BCUT2D eigenvalue weighted by Gasteiger charge is -2.25. The minimum atomic E-state index is -3.54. The lowest BCUT2D eigenvalue weighted by Crippen LogP contribution is -2.40. The maximum atomic E-state index is 12.7.